The molecule has 1 fully saturated rings. The van der Waals surface area contributed by atoms with Gasteiger partial charge in [-0.05, 0) is 53.1 Å². The zero-order chi connectivity index (χ0) is 37.1. The van der Waals surface area contributed by atoms with E-state index >= 15 is 0 Å². The van der Waals surface area contributed by atoms with Crippen molar-refractivity contribution in [2.45, 2.75) is 39.3 Å². The molecule has 54 heavy (non-hydrogen) atoms. The molecule has 0 spiro atoms. The lowest BCUT2D eigenvalue weighted by molar-refractivity contribution is 0.206. The molecule has 15 heteroatoms. The Labute approximate surface area is 315 Å². The summed E-state index contributed by atoms with van der Waals surface area (Å²) < 4.78 is 21.6. The van der Waals surface area contributed by atoms with Crippen molar-refractivity contribution in [3.8, 4) is 17.2 Å². The predicted molar refractivity (Wildman–Crippen MR) is 202 cm³/mol. The third-order valence-electron chi connectivity index (χ3n) is 9.62. The Kier molecular flexibility index (Phi) is 12.2. The third kappa shape index (κ3) is 10.3. The minimum Gasteiger partial charge on any atom is -0.497 e. The molecule has 6 aromatic rings. The fraction of sp³-hybridized carbons (Fsp3) is 0.385. The molecule has 0 radical (unpaired) electrons. The highest BCUT2D eigenvalue weighted by Gasteiger charge is 2.20. The van der Waals surface area contributed by atoms with Gasteiger partial charge in [-0.3, -0.25) is 14.7 Å². The van der Waals surface area contributed by atoms with Crippen LogP contribution < -0.4 is 14.2 Å². The highest BCUT2D eigenvalue weighted by Crippen LogP contribution is 2.16. The van der Waals surface area contributed by atoms with Crippen LogP contribution in [0.3, 0.4) is 0 Å². The fourth-order valence-electron chi connectivity index (χ4n) is 6.56. The number of hydrogen-bond donors (Lipinski definition) is 0. The number of aromatic nitrogens is 9. The summed E-state index contributed by atoms with van der Waals surface area (Å²) in [6.07, 6.45) is 6.15. The first-order valence-electron chi connectivity index (χ1n) is 18.2. The van der Waals surface area contributed by atoms with E-state index in [0.29, 0.717) is 39.3 Å². The van der Waals surface area contributed by atoms with Gasteiger partial charge in [0.2, 0.25) is 0 Å². The van der Waals surface area contributed by atoms with Crippen LogP contribution in [0.4, 0.5) is 0 Å². The second-order valence-electron chi connectivity index (χ2n) is 13.6. The van der Waals surface area contributed by atoms with Crippen LogP contribution in [0.2, 0.25) is 0 Å². The van der Waals surface area contributed by atoms with Gasteiger partial charge in [-0.15, -0.1) is 15.3 Å². The first-order chi connectivity index (χ1) is 26.5. The minimum atomic E-state index is 0.650. The third-order valence-corrected chi connectivity index (χ3v) is 9.62. The van der Waals surface area contributed by atoms with E-state index in [4.69, 9.17) is 14.2 Å². The normalized spacial score (nSPS) is 14.7. The molecule has 0 unspecified atom stereocenters. The Hall–Kier alpha value is -5.64. The van der Waals surface area contributed by atoms with Crippen LogP contribution in [0.5, 0.6) is 17.2 Å². The van der Waals surface area contributed by atoms with Crippen molar-refractivity contribution in [1.82, 2.24) is 59.7 Å². The smallest absolute Gasteiger partial charge is 0.118 e. The topological polar surface area (TPSA) is 130 Å². The molecule has 7 rings (SSSR count). The average molecular weight is 733 g/mol. The minimum absolute atomic E-state index is 0.650. The maximum atomic E-state index is 5.31. The second kappa shape index (κ2) is 17.9. The van der Waals surface area contributed by atoms with E-state index in [0.717, 1.165) is 90.3 Å². The molecule has 1 saturated heterocycles. The number of hydrogen-bond acceptors (Lipinski definition) is 12. The maximum absolute atomic E-state index is 5.31. The molecule has 0 N–H and O–H groups in total. The lowest BCUT2D eigenvalue weighted by atomic mass is 10.2. The van der Waals surface area contributed by atoms with Crippen LogP contribution in [0.1, 0.15) is 33.8 Å². The number of methoxy groups -OCH3 is 3. The van der Waals surface area contributed by atoms with Gasteiger partial charge in [0.1, 0.15) is 17.2 Å². The van der Waals surface area contributed by atoms with Crippen LogP contribution in [0.15, 0.2) is 91.4 Å². The van der Waals surface area contributed by atoms with Crippen molar-refractivity contribution in [3.63, 3.8) is 0 Å². The molecule has 4 heterocycles. The summed E-state index contributed by atoms with van der Waals surface area (Å²) in [5.74, 6) is 2.52. The van der Waals surface area contributed by atoms with E-state index in [1.165, 1.54) is 0 Å². The van der Waals surface area contributed by atoms with E-state index in [1.807, 2.05) is 50.4 Å². The lowest BCUT2D eigenvalue weighted by Crippen LogP contribution is -2.35. The number of rotatable bonds is 15. The van der Waals surface area contributed by atoms with Gasteiger partial charge >= 0.3 is 0 Å². The van der Waals surface area contributed by atoms with Crippen LogP contribution in [-0.4, -0.2) is 120 Å². The number of nitrogens with zero attached hydrogens (tertiary/aromatic N) is 12. The molecular weight excluding hydrogens is 685 g/mol. The standard InChI is InChI=1S/C39H48N12O3/c1-52-37-10-4-31(5-11-37)22-49-28-34(40-43-49)25-46-16-18-47(26-35-29-50(44-41-35)23-32-6-12-38(53-2)13-7-32)20-21-48(19-17-46)27-36-30-51(45-42-36)24-33-8-14-39(54-3)15-9-33/h4-15,28-30H,16-27H2,1-3H3. The first-order valence-corrected chi connectivity index (χ1v) is 18.2. The number of ether oxygens (including phenoxy) is 3. The van der Waals surface area contributed by atoms with Gasteiger partial charge in [-0.25, -0.2) is 14.0 Å². The van der Waals surface area contributed by atoms with Gasteiger partial charge in [0.15, 0.2) is 0 Å². The van der Waals surface area contributed by atoms with Crippen molar-refractivity contribution in [1.29, 1.82) is 0 Å². The SMILES string of the molecule is COc1ccc(Cn2cc(CN3CCN(Cc4cn(Cc5ccc(OC)cc5)nn4)CCN(Cc4cn(Cc5ccc(OC)cc5)nn4)CC3)nn2)cc1. The van der Waals surface area contributed by atoms with Crippen LogP contribution in [0, 0.1) is 0 Å². The molecule has 0 bridgehead atoms. The van der Waals surface area contributed by atoms with Crippen molar-refractivity contribution in [2.75, 3.05) is 60.6 Å². The fourth-order valence-corrected chi connectivity index (χ4v) is 6.56. The summed E-state index contributed by atoms with van der Waals surface area (Å²) in [5.41, 5.74) is 6.27. The average Bonchev–Trinajstić information content (AvgIpc) is 3.97. The predicted octanol–water partition coefficient (Wildman–Crippen LogP) is 3.45. The summed E-state index contributed by atoms with van der Waals surface area (Å²) in [7, 11) is 5.03. The van der Waals surface area contributed by atoms with Gasteiger partial charge in [0, 0.05) is 58.9 Å². The molecule has 0 amide bonds. The Morgan fingerprint density at radius 1 is 0.389 bits per heavy atom. The molecule has 0 atom stereocenters. The van der Waals surface area contributed by atoms with Crippen molar-refractivity contribution < 1.29 is 14.2 Å². The molecule has 282 valence electrons. The van der Waals surface area contributed by atoms with Gasteiger partial charge in [0.05, 0.1) is 76.6 Å². The van der Waals surface area contributed by atoms with Crippen LogP contribution >= 0.6 is 0 Å². The van der Waals surface area contributed by atoms with Gasteiger partial charge in [0.25, 0.3) is 0 Å². The second-order valence-corrected chi connectivity index (χ2v) is 13.6. The summed E-state index contributed by atoms with van der Waals surface area (Å²) >= 11 is 0. The Bertz CT molecular complexity index is 1780. The van der Waals surface area contributed by atoms with Gasteiger partial charge < -0.3 is 14.2 Å². The van der Waals surface area contributed by atoms with Crippen LogP contribution in [0.25, 0.3) is 0 Å². The van der Waals surface area contributed by atoms with E-state index < -0.39 is 0 Å². The summed E-state index contributed by atoms with van der Waals surface area (Å²) in [4.78, 5) is 7.40. The van der Waals surface area contributed by atoms with E-state index in [1.54, 1.807) is 21.3 Å². The molecule has 15 nitrogen and oxygen atoms in total. The quantitative estimate of drug-likeness (QED) is 0.153. The molecule has 0 saturated carbocycles. The van der Waals surface area contributed by atoms with E-state index in [9.17, 15) is 0 Å². The van der Waals surface area contributed by atoms with Crippen molar-refractivity contribution >= 4 is 0 Å². The molecule has 0 aliphatic carbocycles. The largest absolute Gasteiger partial charge is 0.497 e. The summed E-state index contributed by atoms with van der Waals surface area (Å²) in [5, 5.41) is 27.0. The Balaban J connectivity index is 1.01. The van der Waals surface area contributed by atoms with Crippen molar-refractivity contribution in [3.05, 3.63) is 125 Å². The molecule has 3 aromatic heterocycles. The van der Waals surface area contributed by atoms with E-state index in [-0.39, 0.29) is 0 Å². The highest BCUT2D eigenvalue weighted by molar-refractivity contribution is 5.29. The van der Waals surface area contributed by atoms with Gasteiger partial charge in [-0.1, -0.05) is 52.0 Å². The van der Waals surface area contributed by atoms with Gasteiger partial charge in [-0.2, -0.15) is 0 Å². The summed E-state index contributed by atoms with van der Waals surface area (Å²) in [6, 6.07) is 24.2. The molecular formula is C39H48N12O3. The zero-order valence-electron chi connectivity index (χ0n) is 31.2. The number of benzene rings is 3. The zero-order valence-corrected chi connectivity index (χ0v) is 31.2. The Morgan fingerprint density at radius 3 is 0.889 bits per heavy atom. The molecule has 1 aliphatic heterocycles. The lowest BCUT2D eigenvalue weighted by Gasteiger charge is -2.24. The monoisotopic (exact) mass is 732 g/mol. The molecule has 3 aromatic carbocycles. The maximum Gasteiger partial charge on any atom is 0.118 e. The van der Waals surface area contributed by atoms with E-state index in [2.05, 4.69) is 101 Å². The first kappa shape index (κ1) is 36.7. The van der Waals surface area contributed by atoms with Crippen LogP contribution in [-0.2, 0) is 39.3 Å². The Morgan fingerprint density at radius 2 is 0.648 bits per heavy atom. The van der Waals surface area contributed by atoms with Crippen molar-refractivity contribution in [2.24, 2.45) is 0 Å². The summed E-state index contributed by atoms with van der Waals surface area (Å²) in [6.45, 7) is 9.39. The molecule has 1 aliphatic rings. The highest BCUT2D eigenvalue weighted by atomic mass is 16.5.